The number of unbranched alkanes of at least 4 members (excludes halogenated alkanes) is 13. The molecule has 4 aliphatic carbocycles. The normalized spacial score (nSPS) is 30.6. The van der Waals surface area contributed by atoms with Gasteiger partial charge < -0.3 is 23.9 Å². The number of methoxy groups -OCH3 is 1. The van der Waals surface area contributed by atoms with Crippen LogP contribution in [0, 0.1) is 46.3 Å². The fraction of sp³-hybridized carbons (Fsp3) is 1.00. The van der Waals surface area contributed by atoms with Crippen molar-refractivity contribution in [2.24, 2.45) is 46.3 Å². The zero-order valence-corrected chi connectivity index (χ0v) is 42.0. The van der Waals surface area contributed by atoms with Gasteiger partial charge in [-0.05, 0) is 194 Å². The van der Waals surface area contributed by atoms with E-state index >= 15 is 0 Å². The highest BCUT2D eigenvalue weighted by Crippen LogP contribution is 2.68. The molecule has 0 aromatic rings. The third kappa shape index (κ3) is 16.2. The van der Waals surface area contributed by atoms with Gasteiger partial charge in [0.25, 0.3) is 0 Å². The van der Waals surface area contributed by atoms with Gasteiger partial charge in [0.15, 0.2) is 8.32 Å². The molecule has 0 bridgehead atoms. The molecule has 4 saturated carbocycles. The first-order valence-electron chi connectivity index (χ1n) is 26.7. The summed E-state index contributed by atoms with van der Waals surface area (Å²) in [6, 6.07) is 1.26. The summed E-state index contributed by atoms with van der Waals surface area (Å²) in [5, 5.41) is 9.54. The second-order valence-electron chi connectivity index (χ2n) is 22.2. The number of nitrogens with zero attached hydrogens (tertiary/aromatic N) is 1. The molecule has 0 amide bonds. The Balaban J connectivity index is 1.16. The highest BCUT2D eigenvalue weighted by molar-refractivity contribution is 6.71. The number of ether oxygens (including phenoxy) is 2. The minimum atomic E-state index is -1.72. The molecule has 6 heteroatoms. The molecule has 348 valence electrons. The molecule has 0 aliphatic heterocycles. The molecule has 59 heavy (non-hydrogen) atoms. The fourth-order valence-corrected chi connectivity index (χ4v) is 16.0. The van der Waals surface area contributed by atoms with E-state index in [1.807, 2.05) is 7.11 Å². The predicted molar refractivity (Wildman–Crippen MR) is 256 cm³/mol. The van der Waals surface area contributed by atoms with Gasteiger partial charge in [-0.15, -0.1) is 0 Å². The lowest BCUT2D eigenvalue weighted by atomic mass is 9.44. The first-order chi connectivity index (χ1) is 28.5. The molecule has 10 atom stereocenters. The van der Waals surface area contributed by atoms with Crippen LogP contribution in [0.3, 0.4) is 0 Å². The van der Waals surface area contributed by atoms with Crippen LogP contribution in [0.2, 0.25) is 19.1 Å². The van der Waals surface area contributed by atoms with E-state index in [0.29, 0.717) is 23.5 Å². The molecule has 0 spiro atoms. The Bertz CT molecular complexity index is 1090. The van der Waals surface area contributed by atoms with Gasteiger partial charge in [-0.2, -0.15) is 0 Å². The molecule has 4 fully saturated rings. The Kier molecular flexibility index (Phi) is 24.0. The molecule has 0 aromatic heterocycles. The van der Waals surface area contributed by atoms with Crippen LogP contribution >= 0.6 is 0 Å². The standard InChI is InChI=1S/C53H103NO4Si/c1-9-11-13-15-19-25-42-59(7,8)58-51(28-20-16-14-12-10-2)57-41-24-18-17-21-37-54(38-22-23-40-55)39-26-27-44(3)48-31-32-49-47-30-29-45-43-46(56-6)33-35-52(45,4)50(47)34-36-53(48,49)5/h44-51,55H,9-43H2,1-8H3/t44-,45?,46-,47?,48?,49?,50?,51?,52+,53-/m1/s1. The SMILES string of the molecule is CCCCCCCC[Si](C)(C)OC(CCCCCCC)OCCCCCCN(CCCCO)CCC[C@@H](C)C1CCC2C3CCC4C[C@H](OC)CC[C@]4(C)C3CC[C@@]21C. The van der Waals surface area contributed by atoms with E-state index in [1.165, 1.54) is 180 Å². The topological polar surface area (TPSA) is 51.2 Å². The first kappa shape index (κ1) is 51.6. The molecule has 1 N–H and O–H groups in total. The maximum absolute atomic E-state index is 9.54. The van der Waals surface area contributed by atoms with Crippen LogP contribution in [-0.4, -0.2) is 70.7 Å². The monoisotopic (exact) mass is 846 g/mol. The molecule has 6 unspecified atom stereocenters. The summed E-state index contributed by atoms with van der Waals surface area (Å²) in [5.41, 5.74) is 1.12. The summed E-state index contributed by atoms with van der Waals surface area (Å²) in [7, 11) is 0.222. The van der Waals surface area contributed by atoms with Crippen LogP contribution in [0.4, 0.5) is 0 Å². The molecule has 0 heterocycles. The van der Waals surface area contributed by atoms with Gasteiger partial charge in [0.1, 0.15) is 6.29 Å². The van der Waals surface area contributed by atoms with Crippen LogP contribution in [0.25, 0.3) is 0 Å². The average molecular weight is 846 g/mol. The van der Waals surface area contributed by atoms with Crippen molar-refractivity contribution in [1.29, 1.82) is 0 Å². The highest BCUT2D eigenvalue weighted by Gasteiger charge is 2.60. The quantitative estimate of drug-likeness (QED) is 0.0405. The van der Waals surface area contributed by atoms with Crippen molar-refractivity contribution in [2.45, 2.75) is 252 Å². The van der Waals surface area contributed by atoms with E-state index in [0.717, 1.165) is 74.3 Å². The molecule has 0 aromatic carbocycles. The second kappa shape index (κ2) is 27.4. The van der Waals surface area contributed by atoms with Crippen LogP contribution < -0.4 is 0 Å². The lowest BCUT2D eigenvalue weighted by molar-refractivity contribution is -0.133. The summed E-state index contributed by atoms with van der Waals surface area (Å²) in [6.45, 7) is 22.3. The van der Waals surface area contributed by atoms with Crippen molar-refractivity contribution >= 4 is 8.32 Å². The minimum absolute atomic E-state index is 0.000227. The van der Waals surface area contributed by atoms with E-state index in [1.54, 1.807) is 0 Å². The molecule has 4 rings (SSSR count). The Morgan fingerprint density at radius 2 is 1.29 bits per heavy atom. The Labute approximate surface area is 369 Å². The van der Waals surface area contributed by atoms with Gasteiger partial charge in [-0.25, -0.2) is 0 Å². The number of hydrogen-bond acceptors (Lipinski definition) is 5. The zero-order chi connectivity index (χ0) is 42.6. The Morgan fingerprint density at radius 1 is 0.661 bits per heavy atom. The number of fused-ring (bicyclic) bond motifs is 5. The molecular formula is C53H103NO4Si. The molecule has 5 nitrogen and oxygen atoms in total. The zero-order valence-electron chi connectivity index (χ0n) is 41.0. The number of rotatable bonds is 33. The van der Waals surface area contributed by atoms with Crippen molar-refractivity contribution in [2.75, 3.05) is 40.0 Å². The van der Waals surface area contributed by atoms with Crippen molar-refractivity contribution in [1.82, 2.24) is 4.90 Å². The minimum Gasteiger partial charge on any atom is -0.396 e. The van der Waals surface area contributed by atoms with Gasteiger partial charge in [-0.3, -0.25) is 0 Å². The van der Waals surface area contributed by atoms with Crippen LogP contribution in [-0.2, 0) is 13.9 Å². The van der Waals surface area contributed by atoms with Gasteiger partial charge in [0.05, 0.1) is 6.10 Å². The smallest absolute Gasteiger partial charge is 0.190 e. The van der Waals surface area contributed by atoms with E-state index in [-0.39, 0.29) is 6.29 Å². The van der Waals surface area contributed by atoms with Crippen molar-refractivity contribution in [3.8, 4) is 0 Å². The van der Waals surface area contributed by atoms with Crippen molar-refractivity contribution in [3.05, 3.63) is 0 Å². The Morgan fingerprint density at radius 3 is 2.02 bits per heavy atom. The number of aliphatic hydroxyl groups is 1. The summed E-state index contributed by atoms with van der Waals surface area (Å²) in [5.74, 6) is 5.53. The van der Waals surface area contributed by atoms with Crippen molar-refractivity contribution in [3.63, 3.8) is 0 Å². The van der Waals surface area contributed by atoms with Gasteiger partial charge in [-0.1, -0.05) is 112 Å². The lowest BCUT2D eigenvalue weighted by Gasteiger charge is -2.61. The largest absolute Gasteiger partial charge is 0.396 e. The summed E-state index contributed by atoms with van der Waals surface area (Å²) in [4.78, 5) is 2.75. The van der Waals surface area contributed by atoms with Crippen LogP contribution in [0.1, 0.15) is 221 Å². The van der Waals surface area contributed by atoms with E-state index in [2.05, 4.69) is 52.6 Å². The maximum atomic E-state index is 9.54. The first-order valence-corrected chi connectivity index (χ1v) is 29.8. The third-order valence-corrected chi connectivity index (χ3v) is 20.0. The van der Waals surface area contributed by atoms with E-state index in [4.69, 9.17) is 13.9 Å². The van der Waals surface area contributed by atoms with Gasteiger partial charge in [0.2, 0.25) is 0 Å². The van der Waals surface area contributed by atoms with Crippen LogP contribution in [0.5, 0.6) is 0 Å². The fourth-order valence-electron chi connectivity index (χ4n) is 13.9. The number of hydrogen-bond donors (Lipinski definition) is 1. The van der Waals surface area contributed by atoms with Crippen LogP contribution in [0.15, 0.2) is 0 Å². The van der Waals surface area contributed by atoms with Gasteiger partial charge in [0, 0.05) is 20.3 Å². The number of aliphatic hydroxyl groups excluding tert-OH is 1. The third-order valence-electron chi connectivity index (χ3n) is 17.5. The summed E-state index contributed by atoms with van der Waals surface area (Å²) < 4.78 is 19.2. The molecular weight excluding hydrogens is 743 g/mol. The maximum Gasteiger partial charge on any atom is 0.190 e. The van der Waals surface area contributed by atoms with E-state index in [9.17, 15) is 5.11 Å². The Hall–Kier alpha value is 0.0169. The molecule has 0 radical (unpaired) electrons. The average Bonchev–Trinajstić information content (AvgIpc) is 3.58. The summed E-state index contributed by atoms with van der Waals surface area (Å²) >= 11 is 0. The molecule has 4 aliphatic rings. The van der Waals surface area contributed by atoms with E-state index < -0.39 is 8.32 Å². The summed E-state index contributed by atoms with van der Waals surface area (Å²) in [6.07, 6.45) is 38.9. The lowest BCUT2D eigenvalue weighted by Crippen LogP contribution is -2.54. The molecule has 0 saturated heterocycles. The predicted octanol–water partition coefficient (Wildman–Crippen LogP) is 15.0. The van der Waals surface area contributed by atoms with Crippen molar-refractivity contribution < 1.29 is 19.0 Å². The van der Waals surface area contributed by atoms with Gasteiger partial charge >= 0.3 is 0 Å². The highest BCUT2D eigenvalue weighted by atomic mass is 28.4. The second-order valence-corrected chi connectivity index (χ2v) is 26.5.